The van der Waals surface area contributed by atoms with Crippen LogP contribution in [0.3, 0.4) is 0 Å². The molecule has 0 spiro atoms. The maximum Gasteiger partial charge on any atom is 0.319 e. The van der Waals surface area contributed by atoms with Crippen molar-refractivity contribution in [2.24, 2.45) is 7.05 Å². The predicted molar refractivity (Wildman–Crippen MR) is 93.8 cm³/mol. The molecule has 2 aromatic rings. The van der Waals surface area contributed by atoms with E-state index in [1.807, 2.05) is 31.3 Å². The van der Waals surface area contributed by atoms with Gasteiger partial charge in [-0.1, -0.05) is 18.6 Å². The number of nitrogens with one attached hydrogen (secondary N) is 2. The number of likely N-dealkylation sites (tertiary alicyclic amines) is 1. The van der Waals surface area contributed by atoms with Crippen LogP contribution >= 0.6 is 0 Å². The highest BCUT2D eigenvalue weighted by Gasteiger charge is 2.10. The third-order valence-electron chi connectivity index (χ3n) is 4.14. The average molecular weight is 328 g/mol. The zero-order valence-corrected chi connectivity index (χ0v) is 14.0. The Morgan fingerprint density at radius 1 is 1.25 bits per heavy atom. The highest BCUT2D eigenvalue weighted by atomic mass is 16.2. The van der Waals surface area contributed by atoms with Crippen molar-refractivity contribution in [2.45, 2.75) is 19.3 Å². The van der Waals surface area contributed by atoms with Crippen LogP contribution in [0, 0.1) is 0 Å². The van der Waals surface area contributed by atoms with Gasteiger partial charge in [-0.3, -0.25) is 4.68 Å². The van der Waals surface area contributed by atoms with Gasteiger partial charge in [0.15, 0.2) is 5.82 Å². The molecule has 0 atom stereocenters. The van der Waals surface area contributed by atoms with Gasteiger partial charge in [-0.05, 0) is 38.1 Å². The first kappa shape index (κ1) is 16.4. The van der Waals surface area contributed by atoms with Crippen molar-refractivity contribution < 1.29 is 4.79 Å². The van der Waals surface area contributed by atoms with Crippen molar-refractivity contribution in [2.75, 3.05) is 31.5 Å². The van der Waals surface area contributed by atoms with Crippen LogP contribution in [0.4, 0.5) is 10.5 Å². The third-order valence-corrected chi connectivity index (χ3v) is 4.14. The van der Waals surface area contributed by atoms with Crippen LogP contribution in [0.25, 0.3) is 11.4 Å². The fraction of sp³-hybridized carbons (Fsp3) is 0.471. The summed E-state index contributed by atoms with van der Waals surface area (Å²) in [5, 5.41) is 10.1. The Hall–Kier alpha value is -2.41. The topological polar surface area (TPSA) is 75.1 Å². The van der Waals surface area contributed by atoms with E-state index >= 15 is 0 Å². The molecule has 0 aliphatic carbocycles. The molecule has 0 radical (unpaired) electrons. The zero-order chi connectivity index (χ0) is 16.8. The standard InChI is InChI=1S/C17H24N6O/c1-22-13-19-16(21-22)14-6-5-7-15(12-14)20-17(24)18-8-11-23-9-3-2-4-10-23/h5-7,12-13H,2-4,8-11H2,1H3,(H2,18,20,24). The summed E-state index contributed by atoms with van der Waals surface area (Å²) in [6, 6.07) is 7.36. The molecule has 2 N–H and O–H groups in total. The summed E-state index contributed by atoms with van der Waals surface area (Å²) in [6.07, 6.45) is 5.51. The molecule has 1 aromatic carbocycles. The van der Waals surface area contributed by atoms with Crippen LogP contribution < -0.4 is 10.6 Å². The number of benzene rings is 1. The number of urea groups is 1. The first-order valence-electron chi connectivity index (χ1n) is 8.44. The van der Waals surface area contributed by atoms with Crippen LogP contribution in [-0.2, 0) is 7.05 Å². The van der Waals surface area contributed by atoms with Crippen molar-refractivity contribution in [3.05, 3.63) is 30.6 Å². The van der Waals surface area contributed by atoms with Gasteiger partial charge in [0.25, 0.3) is 0 Å². The molecule has 1 aliphatic heterocycles. The molecule has 1 aliphatic rings. The highest BCUT2D eigenvalue weighted by molar-refractivity contribution is 5.89. The maximum absolute atomic E-state index is 12.0. The number of hydrogen-bond donors (Lipinski definition) is 2. The second-order valence-corrected chi connectivity index (χ2v) is 6.11. The van der Waals surface area contributed by atoms with E-state index in [1.165, 1.54) is 19.3 Å². The fourth-order valence-corrected chi connectivity index (χ4v) is 2.89. The monoisotopic (exact) mass is 328 g/mol. The van der Waals surface area contributed by atoms with Crippen molar-refractivity contribution in [1.82, 2.24) is 25.0 Å². The summed E-state index contributed by atoms with van der Waals surface area (Å²) >= 11 is 0. The lowest BCUT2D eigenvalue weighted by Crippen LogP contribution is -2.39. The molecule has 128 valence electrons. The Morgan fingerprint density at radius 3 is 2.83 bits per heavy atom. The van der Waals surface area contributed by atoms with Gasteiger partial charge in [0.2, 0.25) is 0 Å². The minimum absolute atomic E-state index is 0.182. The predicted octanol–water partition coefficient (Wildman–Crippen LogP) is 2.09. The highest BCUT2D eigenvalue weighted by Crippen LogP contribution is 2.18. The van der Waals surface area contributed by atoms with E-state index in [9.17, 15) is 4.79 Å². The molecule has 2 amide bonds. The van der Waals surface area contributed by atoms with Crippen LogP contribution in [0.1, 0.15) is 19.3 Å². The molecule has 0 bridgehead atoms. The average Bonchev–Trinajstić information content (AvgIpc) is 3.03. The fourth-order valence-electron chi connectivity index (χ4n) is 2.89. The van der Waals surface area contributed by atoms with Gasteiger partial charge < -0.3 is 15.5 Å². The summed E-state index contributed by atoms with van der Waals surface area (Å²) in [7, 11) is 1.83. The van der Waals surface area contributed by atoms with Crippen LogP contribution in [0.2, 0.25) is 0 Å². The quantitative estimate of drug-likeness (QED) is 0.881. The molecule has 0 saturated carbocycles. The SMILES string of the molecule is Cn1cnc(-c2cccc(NC(=O)NCCN3CCCCC3)c2)n1. The summed E-state index contributed by atoms with van der Waals surface area (Å²) in [5.41, 5.74) is 1.61. The van der Waals surface area contributed by atoms with E-state index < -0.39 is 0 Å². The number of rotatable bonds is 5. The van der Waals surface area contributed by atoms with Crippen LogP contribution in [0.15, 0.2) is 30.6 Å². The number of aryl methyl sites for hydroxylation is 1. The van der Waals surface area contributed by atoms with E-state index in [-0.39, 0.29) is 6.03 Å². The molecule has 1 aromatic heterocycles. The van der Waals surface area contributed by atoms with Gasteiger partial charge >= 0.3 is 6.03 Å². The van der Waals surface area contributed by atoms with Gasteiger partial charge in [0, 0.05) is 31.4 Å². The van der Waals surface area contributed by atoms with Gasteiger partial charge in [0.1, 0.15) is 6.33 Å². The molecule has 2 heterocycles. The van der Waals surface area contributed by atoms with E-state index in [2.05, 4.69) is 25.6 Å². The normalized spacial score (nSPS) is 15.2. The molecule has 7 heteroatoms. The van der Waals surface area contributed by atoms with Crippen LogP contribution in [0.5, 0.6) is 0 Å². The Balaban J connectivity index is 1.49. The first-order valence-corrected chi connectivity index (χ1v) is 8.44. The minimum atomic E-state index is -0.182. The Morgan fingerprint density at radius 2 is 2.08 bits per heavy atom. The molecule has 7 nitrogen and oxygen atoms in total. The summed E-state index contributed by atoms with van der Waals surface area (Å²) in [6.45, 7) is 3.85. The van der Waals surface area contributed by atoms with Crippen molar-refractivity contribution >= 4 is 11.7 Å². The number of piperidine rings is 1. The third kappa shape index (κ3) is 4.55. The number of anilines is 1. The number of nitrogens with zero attached hydrogens (tertiary/aromatic N) is 4. The van der Waals surface area contributed by atoms with Crippen molar-refractivity contribution in [3.8, 4) is 11.4 Å². The first-order chi connectivity index (χ1) is 11.7. The van der Waals surface area contributed by atoms with Crippen molar-refractivity contribution in [3.63, 3.8) is 0 Å². The van der Waals surface area contributed by atoms with Gasteiger partial charge in [-0.15, -0.1) is 0 Å². The lowest BCUT2D eigenvalue weighted by molar-refractivity contribution is 0.224. The van der Waals surface area contributed by atoms with Gasteiger partial charge in [-0.25, -0.2) is 9.78 Å². The zero-order valence-electron chi connectivity index (χ0n) is 14.0. The molecule has 1 saturated heterocycles. The lowest BCUT2D eigenvalue weighted by atomic mass is 10.1. The second kappa shape index (κ2) is 7.92. The summed E-state index contributed by atoms with van der Waals surface area (Å²) < 4.78 is 1.66. The van der Waals surface area contributed by atoms with E-state index in [1.54, 1.807) is 11.0 Å². The number of carbonyl (C=O) groups is 1. The number of carbonyl (C=O) groups excluding carboxylic acids is 1. The summed E-state index contributed by atoms with van der Waals surface area (Å²) in [5.74, 6) is 0.645. The molecule has 3 rings (SSSR count). The number of amides is 2. The minimum Gasteiger partial charge on any atom is -0.337 e. The summed E-state index contributed by atoms with van der Waals surface area (Å²) in [4.78, 5) is 18.7. The largest absolute Gasteiger partial charge is 0.337 e. The molecular weight excluding hydrogens is 304 g/mol. The van der Waals surface area contributed by atoms with Gasteiger partial charge in [0.05, 0.1) is 0 Å². The van der Waals surface area contributed by atoms with Gasteiger partial charge in [-0.2, -0.15) is 5.10 Å². The lowest BCUT2D eigenvalue weighted by Gasteiger charge is -2.26. The number of aromatic nitrogens is 3. The maximum atomic E-state index is 12.0. The van der Waals surface area contributed by atoms with E-state index in [0.29, 0.717) is 12.4 Å². The Bertz CT molecular complexity index is 677. The molecular formula is C17H24N6O. The van der Waals surface area contributed by atoms with E-state index in [4.69, 9.17) is 0 Å². The molecule has 0 unspecified atom stereocenters. The second-order valence-electron chi connectivity index (χ2n) is 6.11. The number of hydrogen-bond acceptors (Lipinski definition) is 4. The Kier molecular flexibility index (Phi) is 5.43. The smallest absolute Gasteiger partial charge is 0.319 e. The van der Waals surface area contributed by atoms with E-state index in [0.717, 1.165) is 30.9 Å². The molecule has 24 heavy (non-hydrogen) atoms. The van der Waals surface area contributed by atoms with Crippen molar-refractivity contribution in [1.29, 1.82) is 0 Å². The van der Waals surface area contributed by atoms with Crippen LogP contribution in [-0.4, -0.2) is 51.9 Å². The molecule has 1 fully saturated rings. The Labute approximate surface area is 142 Å².